The predicted octanol–water partition coefficient (Wildman–Crippen LogP) is 1.46. The number of rotatable bonds is 4. The van der Waals surface area contributed by atoms with Crippen molar-refractivity contribution in [3.63, 3.8) is 0 Å². The molecular weight excluding hydrogens is 377 g/mol. The summed E-state index contributed by atoms with van der Waals surface area (Å²) in [7, 11) is 1.69. The van der Waals surface area contributed by atoms with Crippen molar-refractivity contribution >= 4 is 30.7 Å². The Kier molecular flexibility index (Phi) is 8.86. The number of hydrogen-bond acceptors (Lipinski definition) is 4. The first-order valence-electron chi connectivity index (χ1n) is 8.90. The standard InChI is InChI=1S/C17H27N5O2.2ClH/c1-3-22-16(19-20(2)17(22)24)14-5-4-10-21(12-14)15(23)11-13-6-8-18-9-7-13;;/h6,14,18H,3-5,7-12H2,1-2H3;2*1H. The van der Waals surface area contributed by atoms with Crippen molar-refractivity contribution in [3.05, 3.63) is 28.0 Å². The molecule has 0 spiro atoms. The number of nitrogens with zero attached hydrogens (tertiary/aromatic N) is 4. The van der Waals surface area contributed by atoms with Crippen LogP contribution in [-0.4, -0.2) is 51.3 Å². The lowest BCUT2D eigenvalue weighted by Crippen LogP contribution is -2.40. The fraction of sp³-hybridized carbons (Fsp3) is 0.706. The molecule has 26 heavy (non-hydrogen) atoms. The molecule has 2 aliphatic rings. The van der Waals surface area contributed by atoms with Crippen LogP contribution in [0.2, 0.25) is 0 Å². The molecule has 0 aromatic carbocycles. The highest BCUT2D eigenvalue weighted by molar-refractivity contribution is 5.85. The maximum absolute atomic E-state index is 12.6. The third kappa shape index (κ3) is 4.90. The zero-order valence-electron chi connectivity index (χ0n) is 15.4. The molecule has 1 saturated heterocycles. The van der Waals surface area contributed by atoms with Crippen molar-refractivity contribution in [2.24, 2.45) is 7.05 Å². The molecule has 7 nitrogen and oxygen atoms in total. The Balaban J connectivity index is 0.00000169. The van der Waals surface area contributed by atoms with Crippen LogP contribution in [0.4, 0.5) is 0 Å². The van der Waals surface area contributed by atoms with E-state index in [0.717, 1.165) is 44.7 Å². The molecule has 2 aliphatic heterocycles. The molecule has 0 bridgehead atoms. The molecule has 1 unspecified atom stereocenters. The molecule has 0 aliphatic carbocycles. The number of likely N-dealkylation sites (tertiary alicyclic amines) is 1. The summed E-state index contributed by atoms with van der Waals surface area (Å²) in [6.45, 7) is 5.87. The number of hydrogen-bond donors (Lipinski definition) is 1. The molecule has 9 heteroatoms. The van der Waals surface area contributed by atoms with E-state index in [-0.39, 0.29) is 42.3 Å². The van der Waals surface area contributed by atoms with Crippen LogP contribution in [0, 0.1) is 0 Å². The van der Waals surface area contributed by atoms with Gasteiger partial charge >= 0.3 is 5.69 Å². The quantitative estimate of drug-likeness (QED) is 0.769. The number of aromatic nitrogens is 3. The third-order valence-corrected chi connectivity index (χ3v) is 5.03. The van der Waals surface area contributed by atoms with Gasteiger partial charge in [0.05, 0.1) is 0 Å². The van der Waals surface area contributed by atoms with Crippen molar-refractivity contribution in [3.8, 4) is 0 Å². The Bertz CT molecular complexity index is 698. The van der Waals surface area contributed by atoms with E-state index in [4.69, 9.17) is 0 Å². The van der Waals surface area contributed by atoms with Crippen LogP contribution in [0.5, 0.6) is 0 Å². The second-order valence-corrected chi connectivity index (χ2v) is 6.68. The van der Waals surface area contributed by atoms with Gasteiger partial charge in [0.2, 0.25) is 5.91 Å². The van der Waals surface area contributed by atoms with Gasteiger partial charge in [-0.3, -0.25) is 9.36 Å². The van der Waals surface area contributed by atoms with Crippen molar-refractivity contribution in [2.45, 2.75) is 45.1 Å². The van der Waals surface area contributed by atoms with E-state index in [0.29, 0.717) is 19.5 Å². The molecule has 0 radical (unpaired) electrons. The molecule has 1 aromatic heterocycles. The molecule has 1 atom stereocenters. The number of nitrogens with one attached hydrogen (secondary N) is 1. The lowest BCUT2D eigenvalue weighted by molar-refractivity contribution is -0.131. The van der Waals surface area contributed by atoms with Gasteiger partial charge in [0.1, 0.15) is 5.82 Å². The molecule has 3 heterocycles. The van der Waals surface area contributed by atoms with Crippen LogP contribution in [0.15, 0.2) is 16.4 Å². The van der Waals surface area contributed by atoms with E-state index in [1.165, 1.54) is 10.3 Å². The summed E-state index contributed by atoms with van der Waals surface area (Å²) in [5.41, 5.74) is 1.17. The largest absolute Gasteiger partial charge is 0.345 e. The Labute approximate surface area is 166 Å². The number of halogens is 2. The molecule has 1 fully saturated rings. The maximum Gasteiger partial charge on any atom is 0.345 e. The highest BCUT2D eigenvalue weighted by Gasteiger charge is 2.29. The van der Waals surface area contributed by atoms with Gasteiger partial charge in [-0.05, 0) is 32.7 Å². The summed E-state index contributed by atoms with van der Waals surface area (Å²) in [5.74, 6) is 1.18. The fourth-order valence-electron chi connectivity index (χ4n) is 3.67. The van der Waals surface area contributed by atoms with Gasteiger partial charge in [-0.15, -0.1) is 24.8 Å². The smallest absolute Gasteiger partial charge is 0.342 e. The second kappa shape index (κ2) is 10.1. The van der Waals surface area contributed by atoms with Crippen LogP contribution in [0.25, 0.3) is 0 Å². The van der Waals surface area contributed by atoms with Gasteiger partial charge in [-0.1, -0.05) is 11.6 Å². The topological polar surface area (TPSA) is 72.2 Å². The van der Waals surface area contributed by atoms with Gasteiger partial charge < -0.3 is 10.2 Å². The van der Waals surface area contributed by atoms with E-state index in [1.54, 1.807) is 11.6 Å². The van der Waals surface area contributed by atoms with E-state index in [9.17, 15) is 9.59 Å². The average molecular weight is 406 g/mol. The minimum absolute atomic E-state index is 0. The van der Waals surface area contributed by atoms with Crippen molar-refractivity contribution in [1.29, 1.82) is 0 Å². The summed E-state index contributed by atoms with van der Waals surface area (Å²) >= 11 is 0. The Hall–Kier alpha value is -1.31. The Morgan fingerprint density at radius 1 is 1.38 bits per heavy atom. The lowest BCUT2D eigenvalue weighted by Gasteiger charge is -2.32. The highest BCUT2D eigenvalue weighted by atomic mass is 35.5. The van der Waals surface area contributed by atoms with Gasteiger partial charge in [-0.25, -0.2) is 9.48 Å². The number of aryl methyl sites for hydroxylation is 1. The minimum Gasteiger partial charge on any atom is -0.342 e. The summed E-state index contributed by atoms with van der Waals surface area (Å²) in [6, 6.07) is 0. The van der Waals surface area contributed by atoms with Crippen LogP contribution in [0.3, 0.4) is 0 Å². The van der Waals surface area contributed by atoms with Crippen LogP contribution in [0.1, 0.15) is 44.3 Å². The first kappa shape index (κ1) is 22.7. The normalized spacial score (nSPS) is 20.0. The first-order chi connectivity index (χ1) is 11.6. The van der Waals surface area contributed by atoms with E-state index < -0.39 is 0 Å². The Morgan fingerprint density at radius 2 is 2.15 bits per heavy atom. The van der Waals surface area contributed by atoms with Crippen LogP contribution >= 0.6 is 24.8 Å². The monoisotopic (exact) mass is 405 g/mol. The summed E-state index contributed by atoms with van der Waals surface area (Å²) in [5, 5.41) is 7.70. The Morgan fingerprint density at radius 3 is 2.81 bits per heavy atom. The first-order valence-corrected chi connectivity index (χ1v) is 8.90. The fourth-order valence-corrected chi connectivity index (χ4v) is 3.67. The van der Waals surface area contributed by atoms with E-state index in [1.807, 2.05) is 11.8 Å². The SMILES string of the molecule is CCn1c(C2CCCN(C(=O)CC3=CCNCC3)C2)nn(C)c1=O.Cl.Cl. The van der Waals surface area contributed by atoms with Crippen LogP contribution < -0.4 is 11.0 Å². The predicted molar refractivity (Wildman–Crippen MR) is 106 cm³/mol. The van der Waals surface area contributed by atoms with Crippen molar-refractivity contribution < 1.29 is 4.79 Å². The third-order valence-electron chi connectivity index (χ3n) is 5.03. The number of carbonyl (C=O) groups excluding carboxylic acids is 1. The van der Waals surface area contributed by atoms with Gasteiger partial charge in [-0.2, -0.15) is 5.10 Å². The molecule has 3 rings (SSSR count). The molecular formula is C17H29Cl2N5O2. The van der Waals surface area contributed by atoms with Crippen molar-refractivity contribution in [2.75, 3.05) is 26.2 Å². The number of carbonyl (C=O) groups is 1. The zero-order chi connectivity index (χ0) is 17.1. The molecule has 1 aromatic rings. The highest BCUT2D eigenvalue weighted by Crippen LogP contribution is 2.26. The molecule has 1 amide bonds. The van der Waals surface area contributed by atoms with E-state index >= 15 is 0 Å². The zero-order valence-corrected chi connectivity index (χ0v) is 17.1. The maximum atomic E-state index is 12.6. The average Bonchev–Trinajstić information content (AvgIpc) is 2.90. The minimum atomic E-state index is -0.0733. The van der Waals surface area contributed by atoms with Crippen molar-refractivity contribution in [1.82, 2.24) is 24.6 Å². The molecule has 148 valence electrons. The summed E-state index contributed by atoms with van der Waals surface area (Å²) < 4.78 is 3.13. The molecule has 0 saturated carbocycles. The molecule has 1 N–H and O–H groups in total. The summed E-state index contributed by atoms with van der Waals surface area (Å²) in [6.07, 6.45) is 5.56. The van der Waals surface area contributed by atoms with Gasteiger partial charge in [0.15, 0.2) is 0 Å². The van der Waals surface area contributed by atoms with E-state index in [2.05, 4.69) is 16.5 Å². The number of piperidine rings is 1. The number of amides is 1. The second-order valence-electron chi connectivity index (χ2n) is 6.68. The lowest BCUT2D eigenvalue weighted by atomic mass is 9.96. The van der Waals surface area contributed by atoms with Gasteiger partial charge in [0.25, 0.3) is 0 Å². The van der Waals surface area contributed by atoms with Gasteiger partial charge in [0, 0.05) is 45.6 Å². The van der Waals surface area contributed by atoms with Crippen LogP contribution in [-0.2, 0) is 18.4 Å². The summed E-state index contributed by atoms with van der Waals surface area (Å²) in [4.78, 5) is 26.7.